The third-order valence-electron chi connectivity index (χ3n) is 6.74. The normalized spacial score (nSPS) is 24.3. The Morgan fingerprint density at radius 1 is 1.36 bits per heavy atom. The van der Waals surface area contributed by atoms with Crippen molar-refractivity contribution in [2.24, 2.45) is 11.7 Å². The first-order valence-electron chi connectivity index (χ1n) is 10.4. The minimum Gasteiger partial charge on any atom is -0.477 e. The maximum atomic E-state index is 15.4. The smallest absolute Gasteiger partial charge is 0.387 e. The van der Waals surface area contributed by atoms with Crippen molar-refractivity contribution in [3.63, 3.8) is 0 Å². The zero-order valence-electron chi connectivity index (χ0n) is 17.4. The van der Waals surface area contributed by atoms with E-state index in [1.165, 1.54) is 4.57 Å². The molecule has 2 saturated heterocycles. The molecule has 12 heteroatoms. The Hall–Kier alpha value is -2.50. The number of carboxylic acid groups (broad SMARTS) is 1. The number of carboxylic acids is 1. The van der Waals surface area contributed by atoms with E-state index in [-0.39, 0.29) is 54.0 Å². The fourth-order valence-electron chi connectivity index (χ4n) is 5.06. The predicted molar refractivity (Wildman–Crippen MR) is 115 cm³/mol. The second-order valence-electron chi connectivity index (χ2n) is 8.61. The van der Waals surface area contributed by atoms with Gasteiger partial charge in [0.15, 0.2) is 11.6 Å². The monoisotopic (exact) mass is 489 g/mol. The van der Waals surface area contributed by atoms with Crippen LogP contribution >= 0.6 is 12.4 Å². The molecule has 1 unspecified atom stereocenters. The van der Waals surface area contributed by atoms with Gasteiger partial charge in [0.25, 0.3) is 0 Å². The van der Waals surface area contributed by atoms with Crippen LogP contribution in [0.3, 0.4) is 0 Å². The lowest BCUT2D eigenvalue weighted by Crippen LogP contribution is -2.44. The highest BCUT2D eigenvalue weighted by atomic mass is 35.5. The van der Waals surface area contributed by atoms with Crippen LogP contribution in [-0.2, 0) is 4.74 Å². The van der Waals surface area contributed by atoms with Gasteiger partial charge in [-0.1, -0.05) is 0 Å². The molecule has 0 radical (unpaired) electrons. The molecule has 5 rings (SSSR count). The summed E-state index contributed by atoms with van der Waals surface area (Å²) in [6.45, 7) is -2.03. The van der Waals surface area contributed by atoms with Crippen molar-refractivity contribution in [2.45, 2.75) is 37.5 Å². The Labute approximate surface area is 192 Å². The largest absolute Gasteiger partial charge is 0.477 e. The van der Waals surface area contributed by atoms with Crippen LogP contribution in [0.15, 0.2) is 17.1 Å². The van der Waals surface area contributed by atoms with Crippen LogP contribution in [0.2, 0.25) is 0 Å². The van der Waals surface area contributed by atoms with E-state index >= 15 is 4.39 Å². The Kier molecular flexibility index (Phi) is 6.00. The van der Waals surface area contributed by atoms with Gasteiger partial charge < -0.3 is 29.8 Å². The number of nitrogens with two attached hydrogens (primary N) is 1. The van der Waals surface area contributed by atoms with E-state index in [4.69, 9.17) is 15.2 Å². The lowest BCUT2D eigenvalue weighted by Gasteiger charge is -2.28. The molecule has 180 valence electrons. The quantitative estimate of drug-likeness (QED) is 0.642. The van der Waals surface area contributed by atoms with Crippen molar-refractivity contribution >= 4 is 35.0 Å². The third kappa shape index (κ3) is 3.71. The minimum absolute atomic E-state index is 0. The van der Waals surface area contributed by atoms with Crippen molar-refractivity contribution in [1.82, 2.24) is 4.57 Å². The summed E-state index contributed by atoms with van der Waals surface area (Å²) in [5.41, 5.74) is 3.51. The molecule has 0 spiro atoms. The number of aromatic nitrogens is 1. The highest BCUT2D eigenvalue weighted by molar-refractivity contribution is 5.97. The molecule has 1 aromatic heterocycles. The van der Waals surface area contributed by atoms with Crippen molar-refractivity contribution in [3.8, 4) is 5.75 Å². The Morgan fingerprint density at radius 2 is 2.09 bits per heavy atom. The van der Waals surface area contributed by atoms with Crippen molar-refractivity contribution < 1.29 is 32.5 Å². The lowest BCUT2D eigenvalue weighted by molar-refractivity contribution is -0.0488. The second kappa shape index (κ2) is 8.37. The van der Waals surface area contributed by atoms with Gasteiger partial charge in [-0.2, -0.15) is 8.78 Å². The SMILES string of the molecule is Cl.NCC12CN(c3c(F)cc4c(=O)c(C(=O)O)cn(C5CC5)c4c3OC(F)F)C[C@H]1CCO2. The molecule has 8 nitrogen and oxygen atoms in total. The Balaban J connectivity index is 0.00000259. The number of nitrogens with zero attached hydrogens (tertiary/aromatic N) is 2. The first-order chi connectivity index (χ1) is 15.3. The van der Waals surface area contributed by atoms with Crippen LogP contribution in [0, 0.1) is 11.7 Å². The summed E-state index contributed by atoms with van der Waals surface area (Å²) in [7, 11) is 0. The van der Waals surface area contributed by atoms with Gasteiger partial charge in [-0.25, -0.2) is 9.18 Å². The van der Waals surface area contributed by atoms with Crippen LogP contribution in [-0.4, -0.2) is 54.1 Å². The van der Waals surface area contributed by atoms with Crippen LogP contribution in [0.1, 0.15) is 35.7 Å². The second-order valence-corrected chi connectivity index (χ2v) is 8.61. The topological polar surface area (TPSA) is 107 Å². The van der Waals surface area contributed by atoms with Gasteiger partial charge in [-0.05, 0) is 25.3 Å². The number of aromatic carboxylic acids is 1. The number of ether oxygens (including phenoxy) is 2. The van der Waals surface area contributed by atoms with Crippen molar-refractivity contribution in [3.05, 3.63) is 33.9 Å². The Morgan fingerprint density at radius 3 is 2.67 bits per heavy atom. The summed E-state index contributed by atoms with van der Waals surface area (Å²) in [6.07, 6.45) is 3.19. The van der Waals surface area contributed by atoms with Crippen LogP contribution in [0.25, 0.3) is 10.9 Å². The number of alkyl halides is 2. The van der Waals surface area contributed by atoms with Crippen LogP contribution in [0.5, 0.6) is 5.75 Å². The van der Waals surface area contributed by atoms with E-state index in [9.17, 15) is 23.5 Å². The molecule has 1 aromatic carbocycles. The average Bonchev–Trinajstić information content (AvgIpc) is 3.40. The first kappa shape index (κ1) is 23.7. The number of hydrogen-bond acceptors (Lipinski definition) is 6. The van der Waals surface area contributed by atoms with E-state index < -0.39 is 40.7 Å². The van der Waals surface area contributed by atoms with Crippen LogP contribution in [0.4, 0.5) is 18.9 Å². The molecule has 0 amide bonds. The summed E-state index contributed by atoms with van der Waals surface area (Å²) >= 11 is 0. The number of carbonyl (C=O) groups is 1. The Bertz CT molecular complexity index is 1170. The van der Waals surface area contributed by atoms with Crippen molar-refractivity contribution in [2.75, 3.05) is 31.1 Å². The number of fused-ring (bicyclic) bond motifs is 2. The molecule has 3 N–H and O–H groups in total. The van der Waals surface area contributed by atoms with Crippen LogP contribution < -0.4 is 20.8 Å². The van der Waals surface area contributed by atoms with Gasteiger partial charge in [0, 0.05) is 44.4 Å². The predicted octanol–water partition coefficient (Wildman–Crippen LogP) is 2.75. The maximum absolute atomic E-state index is 15.4. The third-order valence-corrected chi connectivity index (χ3v) is 6.74. The maximum Gasteiger partial charge on any atom is 0.387 e. The van der Waals surface area contributed by atoms with E-state index in [0.29, 0.717) is 32.4 Å². The fraction of sp³-hybridized carbons (Fsp3) is 0.524. The molecule has 3 fully saturated rings. The lowest BCUT2D eigenvalue weighted by atomic mass is 9.91. The van der Waals surface area contributed by atoms with E-state index in [2.05, 4.69) is 0 Å². The average molecular weight is 490 g/mol. The molecular formula is C21H23ClF3N3O5. The fourth-order valence-corrected chi connectivity index (χ4v) is 5.06. The number of rotatable bonds is 6. The summed E-state index contributed by atoms with van der Waals surface area (Å²) in [5, 5.41) is 9.11. The van der Waals surface area contributed by atoms with E-state index in [1.807, 2.05) is 0 Å². The minimum atomic E-state index is -3.28. The molecule has 2 atom stereocenters. The van der Waals surface area contributed by atoms with Gasteiger partial charge in [-0.15, -0.1) is 12.4 Å². The molecule has 0 bridgehead atoms. The summed E-state index contributed by atoms with van der Waals surface area (Å²) in [6, 6.07) is 0.729. The summed E-state index contributed by atoms with van der Waals surface area (Å²) in [4.78, 5) is 25.9. The zero-order chi connectivity index (χ0) is 22.8. The van der Waals surface area contributed by atoms with Gasteiger partial charge >= 0.3 is 12.6 Å². The molecule has 3 aliphatic rings. The number of benzene rings is 1. The first-order valence-corrected chi connectivity index (χ1v) is 10.4. The van der Waals surface area contributed by atoms with Crippen molar-refractivity contribution in [1.29, 1.82) is 0 Å². The molecular weight excluding hydrogens is 467 g/mol. The zero-order valence-corrected chi connectivity index (χ0v) is 18.2. The standard InChI is InChI=1S/C21H22F3N3O5.ClH/c22-14-5-12-15(27(11-1-2-11)7-13(17(12)28)19(29)30)18(32-20(23)24)16(14)26-6-10-3-4-31-21(10,8-25)9-26;/h5,7,10-11,20H,1-4,6,8-9,25H2,(H,29,30);1H/t10-,21?;/m1./s1. The molecule has 33 heavy (non-hydrogen) atoms. The molecule has 1 saturated carbocycles. The number of anilines is 1. The van der Waals surface area contributed by atoms with E-state index in [1.54, 1.807) is 4.90 Å². The van der Waals surface area contributed by atoms with Gasteiger partial charge in [-0.3, -0.25) is 4.79 Å². The van der Waals surface area contributed by atoms with Gasteiger partial charge in [0.2, 0.25) is 5.43 Å². The summed E-state index contributed by atoms with van der Waals surface area (Å²) in [5.74, 6) is -2.88. The molecule has 2 aromatic rings. The number of halogens is 4. The molecule has 1 aliphatic carbocycles. The highest BCUT2D eigenvalue weighted by Gasteiger charge is 2.51. The molecule has 3 heterocycles. The van der Waals surface area contributed by atoms with E-state index in [0.717, 1.165) is 12.3 Å². The van der Waals surface area contributed by atoms with Gasteiger partial charge in [0.05, 0.1) is 10.9 Å². The van der Waals surface area contributed by atoms with Gasteiger partial charge in [0.1, 0.15) is 16.9 Å². The number of pyridine rings is 1. The number of hydrogen-bond donors (Lipinski definition) is 2. The molecule has 2 aliphatic heterocycles. The summed E-state index contributed by atoms with van der Waals surface area (Å²) < 4.78 is 54.5. The highest BCUT2D eigenvalue weighted by Crippen LogP contribution is 2.48.